The van der Waals surface area contributed by atoms with Gasteiger partial charge in [0.05, 0.1) is 27.7 Å². The number of fused-ring (bicyclic) bond motifs is 3. The van der Waals surface area contributed by atoms with Crippen molar-refractivity contribution in [1.82, 2.24) is 20.3 Å². The molecule has 1 atom stereocenters. The number of halogens is 1. The zero-order valence-corrected chi connectivity index (χ0v) is 25.8. The Morgan fingerprint density at radius 3 is 2.64 bits per heavy atom. The minimum absolute atomic E-state index is 0.252. The van der Waals surface area contributed by atoms with E-state index in [4.69, 9.17) is 4.98 Å². The summed E-state index contributed by atoms with van der Waals surface area (Å²) in [4.78, 5) is 40.1. The highest BCUT2D eigenvalue weighted by atomic mass is 32.1. The molecule has 2 aliphatic rings. The number of hydrogen-bond donors (Lipinski definition) is 2. The average Bonchev–Trinajstić information content (AvgIpc) is 3.75. The van der Waals surface area contributed by atoms with E-state index in [1.165, 1.54) is 54.0 Å². The van der Waals surface area contributed by atoms with E-state index in [0.717, 1.165) is 32.6 Å². The molecule has 0 spiro atoms. The van der Waals surface area contributed by atoms with Crippen molar-refractivity contribution in [1.29, 1.82) is 0 Å². The van der Waals surface area contributed by atoms with Crippen molar-refractivity contribution in [2.45, 2.75) is 52.0 Å². The van der Waals surface area contributed by atoms with Crippen LogP contribution in [0.5, 0.6) is 0 Å². The predicted molar refractivity (Wildman–Crippen MR) is 173 cm³/mol. The Balaban J connectivity index is 0.000000323. The summed E-state index contributed by atoms with van der Waals surface area (Å²) >= 11 is 1.50. The Labute approximate surface area is 260 Å². The van der Waals surface area contributed by atoms with Crippen LogP contribution in [-0.2, 0) is 25.7 Å². The molecule has 1 amide bonds. The monoisotopic (exact) mass is 607 g/mol. The molecule has 1 aliphatic heterocycles. The summed E-state index contributed by atoms with van der Waals surface area (Å²) in [5.41, 5.74) is 6.52. The molecule has 224 valence electrons. The Morgan fingerprint density at radius 1 is 1.09 bits per heavy atom. The third kappa shape index (κ3) is 5.84. The topological polar surface area (TPSA) is 96.9 Å². The number of pyridine rings is 3. The van der Waals surface area contributed by atoms with Crippen LogP contribution in [0.4, 0.5) is 10.2 Å². The van der Waals surface area contributed by atoms with Crippen molar-refractivity contribution in [2.24, 2.45) is 5.92 Å². The lowest BCUT2D eigenvalue weighted by atomic mass is 9.92. The van der Waals surface area contributed by atoms with E-state index in [1.54, 1.807) is 18.3 Å². The van der Waals surface area contributed by atoms with Crippen LogP contribution in [0.1, 0.15) is 75.2 Å². The minimum Gasteiger partial charge on any atom is -0.372 e. The quantitative estimate of drug-likeness (QED) is 0.191. The number of hydrogen-bond acceptors (Lipinski definition) is 7. The van der Waals surface area contributed by atoms with E-state index in [-0.39, 0.29) is 23.7 Å². The number of benzene rings is 1. The van der Waals surface area contributed by atoms with E-state index < -0.39 is 0 Å². The first-order valence-corrected chi connectivity index (χ1v) is 15.7. The first-order chi connectivity index (χ1) is 21.4. The van der Waals surface area contributed by atoms with Gasteiger partial charge in [-0.25, -0.2) is 9.37 Å². The smallest absolute Gasteiger partial charge is 0.254 e. The molecule has 4 aromatic heterocycles. The lowest BCUT2D eigenvalue weighted by Gasteiger charge is -2.16. The van der Waals surface area contributed by atoms with Crippen molar-refractivity contribution in [3.8, 4) is 10.4 Å². The van der Waals surface area contributed by atoms with E-state index in [1.807, 2.05) is 31.4 Å². The van der Waals surface area contributed by atoms with Crippen LogP contribution in [-0.4, -0.2) is 34.2 Å². The van der Waals surface area contributed by atoms with Gasteiger partial charge in [0.1, 0.15) is 11.6 Å². The summed E-state index contributed by atoms with van der Waals surface area (Å²) in [7, 11) is 1.82. The fourth-order valence-corrected chi connectivity index (χ4v) is 7.23. The average molecular weight is 608 g/mol. The normalized spacial score (nSPS) is 15.0. The molecule has 1 aromatic carbocycles. The Bertz CT molecular complexity index is 1830. The summed E-state index contributed by atoms with van der Waals surface area (Å²) in [5.74, 6) is 0.464. The fraction of sp³-hybridized carbons (Fsp3) is 0.286. The van der Waals surface area contributed by atoms with Gasteiger partial charge in [0, 0.05) is 41.1 Å². The number of carbonyl (C=O) groups excluding carboxylic acids is 2. The molecule has 0 radical (unpaired) electrons. The lowest BCUT2D eigenvalue weighted by molar-refractivity contribution is 0.0956. The number of amides is 1. The maximum atomic E-state index is 13.4. The van der Waals surface area contributed by atoms with Crippen LogP contribution in [0.3, 0.4) is 0 Å². The zero-order chi connectivity index (χ0) is 30.8. The fourth-order valence-electron chi connectivity index (χ4n) is 6.01. The van der Waals surface area contributed by atoms with Crippen LogP contribution in [0.15, 0.2) is 60.9 Å². The third-order valence-electron chi connectivity index (χ3n) is 8.04. The number of aromatic nitrogens is 3. The SMILES string of the molecule is CNc1nccc2cc(-c3c(C=O)c(CC(C)C)nc4c3C(=O)NC4Cc3ccc(F)cc3)sc12.c1cnc2c(c1)CCC2. The predicted octanol–water partition coefficient (Wildman–Crippen LogP) is 7.15. The highest BCUT2D eigenvalue weighted by molar-refractivity contribution is 7.22. The Hall–Kier alpha value is -4.50. The van der Waals surface area contributed by atoms with Crippen molar-refractivity contribution in [3.63, 3.8) is 0 Å². The van der Waals surface area contributed by atoms with Gasteiger partial charge >= 0.3 is 0 Å². The molecule has 0 bridgehead atoms. The molecule has 1 unspecified atom stereocenters. The van der Waals surface area contributed by atoms with E-state index >= 15 is 0 Å². The second kappa shape index (κ2) is 12.6. The van der Waals surface area contributed by atoms with E-state index in [0.29, 0.717) is 40.9 Å². The number of nitrogens with zero attached hydrogens (tertiary/aromatic N) is 3. The van der Waals surface area contributed by atoms with Gasteiger partial charge in [0.25, 0.3) is 5.91 Å². The van der Waals surface area contributed by atoms with Gasteiger partial charge in [-0.3, -0.25) is 19.6 Å². The van der Waals surface area contributed by atoms with Gasteiger partial charge in [-0.05, 0) is 84.9 Å². The molecule has 0 saturated heterocycles. The standard InChI is InChI=1S/C27H25FN4O2S.C8H9N/c1-14(2)10-19-18(13-33)22(21-12-16-8-9-30-26(29-3)25(16)35-21)23-24(31-19)20(32-27(23)34)11-15-4-6-17(28)7-5-15;1-3-7-4-2-6-9-8(7)5-1/h4-9,12-14,20H,10-11H2,1-3H3,(H,29,30)(H,32,34);2,4,6H,1,3,5H2. The second-order valence-corrected chi connectivity index (χ2v) is 12.6. The minimum atomic E-state index is -0.364. The summed E-state index contributed by atoms with van der Waals surface area (Å²) in [6.07, 6.45) is 9.25. The van der Waals surface area contributed by atoms with Gasteiger partial charge in [0.15, 0.2) is 6.29 Å². The molecule has 9 heteroatoms. The van der Waals surface area contributed by atoms with Crippen molar-refractivity contribution in [3.05, 3.63) is 106 Å². The Kier molecular flexibility index (Phi) is 8.48. The lowest BCUT2D eigenvalue weighted by Crippen LogP contribution is -2.21. The Morgan fingerprint density at radius 2 is 1.91 bits per heavy atom. The van der Waals surface area contributed by atoms with Crippen LogP contribution < -0.4 is 10.6 Å². The van der Waals surface area contributed by atoms with Crippen molar-refractivity contribution in [2.75, 3.05) is 12.4 Å². The number of aldehydes is 1. The van der Waals surface area contributed by atoms with Crippen LogP contribution in [0.25, 0.3) is 20.5 Å². The molecular formula is C35H34FN5O2S. The molecule has 5 heterocycles. The second-order valence-electron chi connectivity index (χ2n) is 11.6. The molecule has 5 aromatic rings. The molecule has 2 N–H and O–H groups in total. The molecule has 0 saturated carbocycles. The van der Waals surface area contributed by atoms with Crippen LogP contribution >= 0.6 is 11.3 Å². The first-order valence-electron chi connectivity index (χ1n) is 14.9. The van der Waals surface area contributed by atoms with E-state index in [9.17, 15) is 14.0 Å². The highest BCUT2D eigenvalue weighted by Gasteiger charge is 2.36. The van der Waals surface area contributed by atoms with Gasteiger partial charge in [-0.2, -0.15) is 0 Å². The number of carbonyl (C=O) groups is 2. The van der Waals surface area contributed by atoms with Crippen LogP contribution in [0, 0.1) is 11.7 Å². The molecule has 44 heavy (non-hydrogen) atoms. The number of anilines is 1. The maximum absolute atomic E-state index is 13.4. The highest BCUT2D eigenvalue weighted by Crippen LogP contribution is 2.43. The number of aryl methyl sites for hydroxylation is 2. The summed E-state index contributed by atoms with van der Waals surface area (Å²) in [5, 5.41) is 7.15. The summed E-state index contributed by atoms with van der Waals surface area (Å²) in [6.45, 7) is 4.15. The molecule has 7 rings (SSSR count). The van der Waals surface area contributed by atoms with Crippen molar-refractivity contribution >= 4 is 39.4 Å². The van der Waals surface area contributed by atoms with Gasteiger partial charge in [-0.1, -0.05) is 32.0 Å². The van der Waals surface area contributed by atoms with Crippen molar-refractivity contribution < 1.29 is 14.0 Å². The third-order valence-corrected chi connectivity index (χ3v) is 9.21. The zero-order valence-electron chi connectivity index (χ0n) is 25.0. The number of thiophene rings is 1. The summed E-state index contributed by atoms with van der Waals surface area (Å²) < 4.78 is 14.4. The van der Waals surface area contributed by atoms with Gasteiger partial charge in [-0.15, -0.1) is 11.3 Å². The number of nitrogens with one attached hydrogen (secondary N) is 2. The van der Waals surface area contributed by atoms with Crippen LogP contribution in [0.2, 0.25) is 0 Å². The molecular weight excluding hydrogens is 573 g/mol. The number of rotatable bonds is 7. The summed E-state index contributed by atoms with van der Waals surface area (Å²) in [6, 6.07) is 14.0. The molecule has 1 aliphatic carbocycles. The maximum Gasteiger partial charge on any atom is 0.254 e. The van der Waals surface area contributed by atoms with E-state index in [2.05, 4.69) is 40.5 Å². The molecule has 7 nitrogen and oxygen atoms in total. The first kappa shape index (κ1) is 29.6. The van der Waals surface area contributed by atoms with Gasteiger partial charge < -0.3 is 10.6 Å². The largest absolute Gasteiger partial charge is 0.372 e. The molecule has 0 fully saturated rings. The van der Waals surface area contributed by atoms with Gasteiger partial charge in [0.2, 0.25) is 0 Å².